The van der Waals surface area contributed by atoms with Crippen LogP contribution >= 0.6 is 11.6 Å². The summed E-state index contributed by atoms with van der Waals surface area (Å²) in [4.78, 5) is 19.1. The molecule has 0 bridgehead atoms. The van der Waals surface area contributed by atoms with Crippen LogP contribution in [0.4, 0.5) is 5.82 Å². The van der Waals surface area contributed by atoms with E-state index in [4.69, 9.17) is 11.6 Å². The largest absolute Gasteiger partial charge is 0.308 e. The molecule has 0 aliphatic carbocycles. The summed E-state index contributed by atoms with van der Waals surface area (Å²) in [7, 11) is 0. The van der Waals surface area contributed by atoms with Crippen LogP contribution in [0.25, 0.3) is 0 Å². The zero-order chi connectivity index (χ0) is 11.4. The maximum absolute atomic E-state index is 11.5. The van der Waals surface area contributed by atoms with Crippen LogP contribution in [-0.4, -0.2) is 30.9 Å². The van der Waals surface area contributed by atoms with Crippen molar-refractivity contribution in [2.75, 3.05) is 5.32 Å². The Hall–Kier alpha value is -2.02. The Morgan fingerprint density at radius 3 is 3.06 bits per heavy atom. The minimum Gasteiger partial charge on any atom is -0.308 e. The van der Waals surface area contributed by atoms with E-state index in [0.717, 1.165) is 0 Å². The molecule has 2 aromatic heterocycles. The van der Waals surface area contributed by atoms with Crippen molar-refractivity contribution in [2.24, 2.45) is 0 Å². The van der Waals surface area contributed by atoms with Gasteiger partial charge in [0.15, 0.2) is 5.82 Å². The molecule has 0 radical (unpaired) electrons. The highest BCUT2D eigenvalue weighted by molar-refractivity contribution is 6.29. The zero-order valence-electron chi connectivity index (χ0n) is 8.04. The summed E-state index contributed by atoms with van der Waals surface area (Å²) >= 11 is 5.62. The van der Waals surface area contributed by atoms with Crippen LogP contribution in [0.1, 0.15) is 0 Å². The molecule has 16 heavy (non-hydrogen) atoms. The monoisotopic (exact) mass is 238 g/mol. The number of anilines is 1. The van der Waals surface area contributed by atoms with Gasteiger partial charge in [-0.3, -0.25) is 9.78 Å². The molecule has 2 aromatic rings. The maximum atomic E-state index is 11.5. The number of halogens is 1. The number of nitrogens with one attached hydrogen (secondary N) is 1. The predicted octanol–water partition coefficient (Wildman–Crippen LogP) is 0.360. The number of hydrogen-bond acceptors (Lipinski definition) is 5. The molecule has 1 amide bonds. The average Bonchev–Trinajstić information content (AvgIpc) is 2.70. The Morgan fingerprint density at radius 2 is 2.38 bits per heavy atom. The first kappa shape index (κ1) is 10.5. The molecule has 0 saturated heterocycles. The minimum absolute atomic E-state index is 0.0637. The Balaban J connectivity index is 1.97. The molecule has 0 unspecified atom stereocenters. The molecule has 82 valence electrons. The van der Waals surface area contributed by atoms with E-state index in [9.17, 15) is 4.79 Å². The number of nitrogens with zero attached hydrogens (tertiary/aromatic N) is 5. The van der Waals surface area contributed by atoms with Gasteiger partial charge in [-0.25, -0.2) is 9.67 Å². The third-order valence-electron chi connectivity index (χ3n) is 1.65. The highest BCUT2D eigenvalue weighted by Crippen LogP contribution is 2.06. The lowest BCUT2D eigenvalue weighted by Crippen LogP contribution is -2.19. The van der Waals surface area contributed by atoms with Gasteiger partial charge in [0, 0.05) is 6.20 Å². The fourth-order valence-electron chi connectivity index (χ4n) is 1.05. The highest BCUT2D eigenvalue weighted by atomic mass is 35.5. The van der Waals surface area contributed by atoms with Crippen molar-refractivity contribution in [3.05, 3.63) is 29.9 Å². The predicted molar refractivity (Wildman–Crippen MR) is 55.7 cm³/mol. The van der Waals surface area contributed by atoms with Crippen molar-refractivity contribution in [1.82, 2.24) is 25.0 Å². The van der Waals surface area contributed by atoms with Crippen LogP contribution in [0.2, 0.25) is 5.15 Å². The number of carbonyl (C=O) groups is 1. The van der Waals surface area contributed by atoms with E-state index >= 15 is 0 Å². The van der Waals surface area contributed by atoms with Crippen molar-refractivity contribution >= 4 is 23.3 Å². The van der Waals surface area contributed by atoms with Gasteiger partial charge >= 0.3 is 0 Å². The Kier molecular flexibility index (Phi) is 3.06. The fourth-order valence-corrected chi connectivity index (χ4v) is 1.20. The lowest BCUT2D eigenvalue weighted by atomic mass is 10.5. The third-order valence-corrected chi connectivity index (χ3v) is 1.83. The molecular weight excluding hydrogens is 232 g/mol. The summed E-state index contributed by atoms with van der Waals surface area (Å²) in [6, 6.07) is 0. The normalized spacial score (nSPS) is 10.1. The van der Waals surface area contributed by atoms with Crippen molar-refractivity contribution in [1.29, 1.82) is 0 Å². The molecule has 8 heteroatoms. The van der Waals surface area contributed by atoms with E-state index in [0.29, 0.717) is 5.82 Å². The van der Waals surface area contributed by atoms with Crippen LogP contribution in [0, 0.1) is 0 Å². The summed E-state index contributed by atoms with van der Waals surface area (Å²) < 4.78 is 1.40. The van der Waals surface area contributed by atoms with E-state index in [1.165, 1.54) is 23.3 Å². The van der Waals surface area contributed by atoms with Gasteiger partial charge in [0.2, 0.25) is 5.91 Å². The Bertz CT molecular complexity index is 485. The second-order valence-electron chi connectivity index (χ2n) is 2.88. The van der Waals surface area contributed by atoms with Gasteiger partial charge in [0.25, 0.3) is 0 Å². The molecule has 0 fully saturated rings. The van der Waals surface area contributed by atoms with Gasteiger partial charge in [-0.05, 0) is 0 Å². The number of amides is 1. The molecule has 7 nitrogen and oxygen atoms in total. The minimum atomic E-state index is -0.276. The first-order chi connectivity index (χ1) is 7.74. The van der Waals surface area contributed by atoms with E-state index in [2.05, 4.69) is 25.6 Å². The number of rotatable bonds is 3. The number of hydrogen-bond donors (Lipinski definition) is 1. The van der Waals surface area contributed by atoms with Crippen LogP contribution in [0.15, 0.2) is 24.8 Å². The lowest BCUT2D eigenvalue weighted by Gasteiger charge is -2.03. The smallest absolute Gasteiger partial charge is 0.247 e. The first-order valence-electron chi connectivity index (χ1n) is 4.35. The molecule has 0 atom stereocenters. The molecule has 0 aromatic carbocycles. The van der Waals surface area contributed by atoms with Gasteiger partial charge in [-0.2, -0.15) is 0 Å². The Labute approximate surface area is 95.5 Å². The van der Waals surface area contributed by atoms with Gasteiger partial charge in [0.1, 0.15) is 11.7 Å². The lowest BCUT2D eigenvalue weighted by molar-refractivity contribution is -0.116. The molecule has 0 saturated carbocycles. The third kappa shape index (κ3) is 2.74. The van der Waals surface area contributed by atoms with E-state index < -0.39 is 0 Å². The van der Waals surface area contributed by atoms with Crippen LogP contribution in [-0.2, 0) is 11.3 Å². The van der Waals surface area contributed by atoms with Crippen molar-refractivity contribution < 1.29 is 4.79 Å². The van der Waals surface area contributed by atoms with Crippen LogP contribution in [0.3, 0.4) is 0 Å². The summed E-state index contributed by atoms with van der Waals surface area (Å²) in [6.45, 7) is 0.0637. The standard InChI is InChI=1S/C8H7ClN6O/c9-6-3-10-4-7(12-6)13-8(16)5-15-2-1-11-14-15/h1-4H,5H2,(H,12,13,16). The fraction of sp³-hybridized carbons (Fsp3) is 0.125. The maximum Gasteiger partial charge on any atom is 0.247 e. The Morgan fingerprint density at radius 1 is 1.50 bits per heavy atom. The zero-order valence-corrected chi connectivity index (χ0v) is 8.79. The van der Waals surface area contributed by atoms with Crippen molar-refractivity contribution in [2.45, 2.75) is 6.54 Å². The molecule has 2 heterocycles. The van der Waals surface area contributed by atoms with Crippen molar-refractivity contribution in [3.8, 4) is 0 Å². The highest BCUT2D eigenvalue weighted by Gasteiger charge is 2.05. The topological polar surface area (TPSA) is 85.6 Å². The van der Waals surface area contributed by atoms with E-state index in [-0.39, 0.29) is 17.6 Å². The van der Waals surface area contributed by atoms with Crippen LogP contribution < -0.4 is 5.32 Å². The molecule has 0 aliphatic heterocycles. The SMILES string of the molecule is O=C(Cn1ccnn1)Nc1cncc(Cl)n1. The van der Waals surface area contributed by atoms with Gasteiger partial charge in [0.05, 0.1) is 18.6 Å². The van der Waals surface area contributed by atoms with Gasteiger partial charge in [-0.1, -0.05) is 16.8 Å². The number of carbonyl (C=O) groups excluding carboxylic acids is 1. The summed E-state index contributed by atoms with van der Waals surface area (Å²) in [5, 5.41) is 10.00. The summed E-state index contributed by atoms with van der Waals surface area (Å²) in [5.74, 6) is 0.0275. The van der Waals surface area contributed by atoms with Crippen molar-refractivity contribution in [3.63, 3.8) is 0 Å². The molecule has 2 rings (SSSR count). The van der Waals surface area contributed by atoms with Crippen LogP contribution in [0.5, 0.6) is 0 Å². The number of aromatic nitrogens is 5. The molecular formula is C8H7ClN6O. The first-order valence-corrected chi connectivity index (χ1v) is 4.73. The quantitative estimate of drug-likeness (QED) is 0.835. The second-order valence-corrected chi connectivity index (χ2v) is 3.26. The summed E-state index contributed by atoms with van der Waals surface area (Å²) in [5.41, 5.74) is 0. The summed E-state index contributed by atoms with van der Waals surface area (Å²) in [6.07, 6.45) is 5.87. The van der Waals surface area contributed by atoms with E-state index in [1.807, 2.05) is 0 Å². The second kappa shape index (κ2) is 4.67. The van der Waals surface area contributed by atoms with Gasteiger partial charge in [-0.15, -0.1) is 5.10 Å². The molecule has 0 aliphatic rings. The van der Waals surface area contributed by atoms with E-state index in [1.54, 1.807) is 6.20 Å². The molecule has 0 spiro atoms. The molecule has 1 N–H and O–H groups in total. The van der Waals surface area contributed by atoms with Gasteiger partial charge < -0.3 is 5.32 Å². The average molecular weight is 239 g/mol.